The van der Waals surface area contributed by atoms with Crippen molar-refractivity contribution in [2.24, 2.45) is 0 Å². The standard InChI is InChI=1S/C11H15N5O4S2/c1-21(17,18)10-6-14-15-11(10)8-2-3-16(7-8)22(19,20)9-4-12-13-5-9/h4-6,8H,2-3,7H2,1H3,(H,12,13)(H,14,15)/t8-/m1/s1. The van der Waals surface area contributed by atoms with Crippen LogP contribution in [0.5, 0.6) is 0 Å². The van der Waals surface area contributed by atoms with Crippen molar-refractivity contribution in [1.82, 2.24) is 24.7 Å². The zero-order valence-electron chi connectivity index (χ0n) is 11.7. The monoisotopic (exact) mass is 345 g/mol. The number of rotatable bonds is 4. The molecule has 1 fully saturated rings. The summed E-state index contributed by atoms with van der Waals surface area (Å²) in [6.45, 7) is 0.526. The average Bonchev–Trinajstić information content (AvgIpc) is 3.18. The van der Waals surface area contributed by atoms with Crippen LogP contribution in [0.15, 0.2) is 28.4 Å². The summed E-state index contributed by atoms with van der Waals surface area (Å²) in [5.41, 5.74) is 0.465. The predicted octanol–water partition coefficient (Wildman–Crippen LogP) is -0.285. The average molecular weight is 345 g/mol. The molecule has 9 nitrogen and oxygen atoms in total. The molecule has 0 saturated carbocycles. The van der Waals surface area contributed by atoms with Crippen LogP contribution in [0.1, 0.15) is 18.0 Å². The smallest absolute Gasteiger partial charge is 0.246 e. The molecule has 0 aromatic carbocycles. The second kappa shape index (κ2) is 5.18. The Balaban J connectivity index is 1.86. The van der Waals surface area contributed by atoms with Crippen LogP contribution >= 0.6 is 0 Å². The molecule has 1 saturated heterocycles. The normalized spacial score (nSPS) is 20.5. The van der Waals surface area contributed by atoms with Crippen LogP contribution in [0.4, 0.5) is 0 Å². The topological polar surface area (TPSA) is 129 Å². The van der Waals surface area contributed by atoms with Crippen molar-refractivity contribution in [3.8, 4) is 0 Å². The third-order valence-electron chi connectivity index (χ3n) is 3.70. The minimum atomic E-state index is -3.61. The van der Waals surface area contributed by atoms with Crippen molar-refractivity contribution >= 4 is 19.9 Å². The molecule has 0 unspecified atom stereocenters. The van der Waals surface area contributed by atoms with Gasteiger partial charge in [0.1, 0.15) is 9.79 Å². The minimum Gasteiger partial charge on any atom is -0.284 e. The number of sulfonamides is 1. The van der Waals surface area contributed by atoms with E-state index in [-0.39, 0.29) is 22.3 Å². The van der Waals surface area contributed by atoms with Crippen LogP contribution in [0.25, 0.3) is 0 Å². The van der Waals surface area contributed by atoms with Gasteiger partial charge in [-0.3, -0.25) is 10.2 Å². The molecule has 1 aliphatic rings. The lowest BCUT2D eigenvalue weighted by Gasteiger charge is -2.15. The molecule has 3 rings (SSSR count). The zero-order valence-corrected chi connectivity index (χ0v) is 13.4. The number of H-pyrrole nitrogens is 2. The van der Waals surface area contributed by atoms with E-state index in [2.05, 4.69) is 20.4 Å². The molecule has 22 heavy (non-hydrogen) atoms. The molecule has 0 spiro atoms. The quantitative estimate of drug-likeness (QED) is 0.784. The second-order valence-corrected chi connectivity index (χ2v) is 9.12. The number of nitrogens with one attached hydrogen (secondary N) is 2. The molecule has 2 aromatic heterocycles. The number of aromatic amines is 2. The van der Waals surface area contributed by atoms with E-state index in [4.69, 9.17) is 0 Å². The van der Waals surface area contributed by atoms with Crippen molar-refractivity contribution in [2.75, 3.05) is 19.3 Å². The van der Waals surface area contributed by atoms with Crippen molar-refractivity contribution < 1.29 is 16.8 Å². The fourth-order valence-corrected chi connectivity index (χ4v) is 4.85. The summed E-state index contributed by atoms with van der Waals surface area (Å²) in [6.07, 6.45) is 5.47. The van der Waals surface area contributed by atoms with Gasteiger partial charge < -0.3 is 0 Å². The molecule has 2 N–H and O–H groups in total. The van der Waals surface area contributed by atoms with E-state index in [0.29, 0.717) is 18.7 Å². The largest absolute Gasteiger partial charge is 0.284 e. The Bertz CT molecular complexity index is 869. The van der Waals surface area contributed by atoms with Crippen molar-refractivity contribution in [3.63, 3.8) is 0 Å². The Morgan fingerprint density at radius 1 is 1.23 bits per heavy atom. The Labute approximate surface area is 127 Å². The van der Waals surface area contributed by atoms with Crippen LogP contribution in [0.3, 0.4) is 0 Å². The fraction of sp³-hybridized carbons (Fsp3) is 0.455. The Hall–Kier alpha value is -1.72. The van der Waals surface area contributed by atoms with Gasteiger partial charge in [-0.25, -0.2) is 16.8 Å². The molecule has 0 amide bonds. The first-order valence-electron chi connectivity index (χ1n) is 6.52. The van der Waals surface area contributed by atoms with Crippen LogP contribution in [-0.2, 0) is 19.9 Å². The lowest BCUT2D eigenvalue weighted by Crippen LogP contribution is -2.28. The highest BCUT2D eigenvalue weighted by Crippen LogP contribution is 2.32. The van der Waals surface area contributed by atoms with E-state index in [0.717, 1.165) is 6.26 Å². The summed E-state index contributed by atoms with van der Waals surface area (Å²) in [7, 11) is -7.01. The van der Waals surface area contributed by atoms with Gasteiger partial charge in [0, 0.05) is 31.5 Å². The second-order valence-electron chi connectivity index (χ2n) is 5.20. The summed E-state index contributed by atoms with van der Waals surface area (Å²) < 4.78 is 49.6. The summed E-state index contributed by atoms with van der Waals surface area (Å²) in [5, 5.41) is 12.6. The summed E-state index contributed by atoms with van der Waals surface area (Å²) in [5.74, 6) is -0.228. The number of hydrogen-bond donors (Lipinski definition) is 2. The maximum atomic E-state index is 12.4. The highest BCUT2D eigenvalue weighted by Gasteiger charge is 2.36. The highest BCUT2D eigenvalue weighted by atomic mass is 32.2. The first kappa shape index (κ1) is 15.2. The van der Waals surface area contributed by atoms with Crippen molar-refractivity contribution in [2.45, 2.75) is 22.1 Å². The number of aromatic nitrogens is 4. The molecule has 120 valence electrons. The van der Waals surface area contributed by atoms with Crippen LogP contribution < -0.4 is 0 Å². The third kappa shape index (κ3) is 2.55. The van der Waals surface area contributed by atoms with Gasteiger partial charge in [0.05, 0.1) is 18.1 Å². The van der Waals surface area contributed by atoms with Crippen LogP contribution in [0.2, 0.25) is 0 Å². The molecule has 0 bridgehead atoms. The van der Waals surface area contributed by atoms with Gasteiger partial charge in [-0.05, 0) is 6.42 Å². The lowest BCUT2D eigenvalue weighted by molar-refractivity contribution is 0.471. The van der Waals surface area contributed by atoms with Crippen molar-refractivity contribution in [3.05, 3.63) is 24.3 Å². The van der Waals surface area contributed by atoms with Crippen LogP contribution in [-0.4, -0.2) is 60.9 Å². The Morgan fingerprint density at radius 2 is 2.00 bits per heavy atom. The molecule has 1 atom stereocenters. The van der Waals surface area contributed by atoms with Gasteiger partial charge in [0.2, 0.25) is 10.0 Å². The number of nitrogens with zero attached hydrogens (tertiary/aromatic N) is 3. The zero-order chi connectivity index (χ0) is 16.0. The molecule has 0 radical (unpaired) electrons. The highest BCUT2D eigenvalue weighted by molar-refractivity contribution is 7.90. The Morgan fingerprint density at radius 3 is 2.64 bits per heavy atom. The first-order chi connectivity index (χ1) is 10.3. The van der Waals surface area contributed by atoms with Gasteiger partial charge >= 0.3 is 0 Å². The summed E-state index contributed by atoms with van der Waals surface area (Å²) >= 11 is 0. The van der Waals surface area contributed by atoms with Gasteiger partial charge in [-0.2, -0.15) is 14.5 Å². The van der Waals surface area contributed by atoms with Gasteiger partial charge in [0.25, 0.3) is 0 Å². The lowest BCUT2D eigenvalue weighted by atomic mass is 10.1. The molecule has 0 aliphatic carbocycles. The third-order valence-corrected chi connectivity index (χ3v) is 6.66. The SMILES string of the molecule is CS(=O)(=O)c1cn[nH]c1[C@@H]1CCN(S(=O)(=O)c2cn[nH]c2)C1. The van der Waals surface area contributed by atoms with Gasteiger partial charge in [-0.1, -0.05) is 0 Å². The van der Waals surface area contributed by atoms with Gasteiger partial charge in [-0.15, -0.1) is 0 Å². The number of hydrogen-bond acceptors (Lipinski definition) is 6. The van der Waals surface area contributed by atoms with E-state index in [9.17, 15) is 16.8 Å². The van der Waals surface area contributed by atoms with Crippen molar-refractivity contribution in [1.29, 1.82) is 0 Å². The first-order valence-corrected chi connectivity index (χ1v) is 9.85. The van der Waals surface area contributed by atoms with E-state index in [1.54, 1.807) is 0 Å². The predicted molar refractivity (Wildman–Crippen MR) is 76.4 cm³/mol. The summed E-state index contributed by atoms with van der Waals surface area (Å²) in [4.78, 5) is 0.223. The Kier molecular flexibility index (Phi) is 3.57. The molecule has 11 heteroatoms. The molecular formula is C11H15N5O4S2. The molecular weight excluding hydrogens is 330 g/mol. The minimum absolute atomic E-state index is 0.0982. The fourth-order valence-electron chi connectivity index (χ4n) is 2.58. The van der Waals surface area contributed by atoms with Gasteiger partial charge in [0.15, 0.2) is 9.84 Å². The van der Waals surface area contributed by atoms with E-state index in [1.807, 2.05) is 0 Å². The number of sulfone groups is 1. The molecule has 2 aromatic rings. The van der Waals surface area contributed by atoms with E-state index < -0.39 is 19.9 Å². The maximum Gasteiger partial charge on any atom is 0.246 e. The molecule has 3 heterocycles. The molecule has 1 aliphatic heterocycles. The van der Waals surface area contributed by atoms with E-state index in [1.165, 1.54) is 22.9 Å². The summed E-state index contributed by atoms with van der Waals surface area (Å²) in [6, 6.07) is 0. The van der Waals surface area contributed by atoms with E-state index >= 15 is 0 Å². The van der Waals surface area contributed by atoms with Crippen LogP contribution in [0, 0.1) is 0 Å². The maximum absolute atomic E-state index is 12.4.